The number of hydrogen-bond acceptors (Lipinski definition) is 0. The maximum absolute atomic E-state index is 3.30. The normalized spacial score (nSPS) is 15.4. The van der Waals surface area contributed by atoms with Crippen LogP contribution in [0.1, 0.15) is 48.9 Å². The van der Waals surface area contributed by atoms with Crippen LogP contribution in [0.2, 0.25) is 0 Å². The Morgan fingerprint density at radius 1 is 0.842 bits per heavy atom. The Labute approximate surface area is 116 Å². The lowest BCUT2D eigenvalue weighted by Crippen LogP contribution is -2.04. The van der Waals surface area contributed by atoms with Gasteiger partial charge in [0.2, 0.25) is 0 Å². The van der Waals surface area contributed by atoms with Gasteiger partial charge in [-0.25, -0.2) is 0 Å². The van der Waals surface area contributed by atoms with E-state index in [0.717, 1.165) is 6.42 Å². The Morgan fingerprint density at radius 2 is 1.42 bits per heavy atom. The van der Waals surface area contributed by atoms with E-state index >= 15 is 0 Å². The molecule has 3 rings (SSSR count). The van der Waals surface area contributed by atoms with Crippen molar-refractivity contribution in [2.45, 2.75) is 33.1 Å². The van der Waals surface area contributed by atoms with Gasteiger partial charge in [0, 0.05) is 11.1 Å². The fourth-order valence-electron chi connectivity index (χ4n) is 2.44. The Morgan fingerprint density at radius 3 is 2.21 bits per heavy atom. The first-order chi connectivity index (χ1) is 9.34. The Hall–Kier alpha value is -2.00. The average molecular weight is 248 g/mol. The van der Waals surface area contributed by atoms with E-state index in [2.05, 4.69) is 67.3 Å². The first-order valence-corrected chi connectivity index (χ1v) is 7.03. The summed E-state index contributed by atoms with van der Waals surface area (Å²) < 4.78 is 0. The van der Waals surface area contributed by atoms with Crippen molar-refractivity contribution in [1.82, 2.24) is 0 Å². The standard InChI is InChI=1S/C17H14.C2H6/c1-13-12-16-8-3-2-6-14(16)10-11-15-7-4-5-9-17(13)15;1-2/h2-9,13H,12H2,1H3;1-2H3. The van der Waals surface area contributed by atoms with E-state index in [9.17, 15) is 0 Å². The highest BCUT2D eigenvalue weighted by Gasteiger charge is 2.13. The number of hydrogen-bond donors (Lipinski definition) is 0. The molecule has 2 aromatic carbocycles. The van der Waals surface area contributed by atoms with Crippen LogP contribution in [0, 0.1) is 11.8 Å². The molecule has 96 valence electrons. The third kappa shape index (κ3) is 2.88. The summed E-state index contributed by atoms with van der Waals surface area (Å²) in [4.78, 5) is 0. The number of fused-ring (bicyclic) bond motifs is 2. The summed E-state index contributed by atoms with van der Waals surface area (Å²) in [5.41, 5.74) is 5.08. The van der Waals surface area contributed by atoms with Crippen LogP contribution in [0.5, 0.6) is 0 Å². The molecule has 0 aromatic heterocycles. The van der Waals surface area contributed by atoms with Gasteiger partial charge in [-0.05, 0) is 35.6 Å². The molecule has 0 bridgehead atoms. The van der Waals surface area contributed by atoms with Gasteiger partial charge in [0.15, 0.2) is 0 Å². The maximum atomic E-state index is 3.30. The Balaban J connectivity index is 0.000000637. The van der Waals surface area contributed by atoms with E-state index in [1.54, 1.807) is 0 Å². The third-order valence-corrected chi connectivity index (χ3v) is 3.37. The molecular weight excluding hydrogens is 228 g/mol. The lowest BCUT2D eigenvalue weighted by Gasteiger charge is -2.17. The summed E-state index contributed by atoms with van der Waals surface area (Å²) in [7, 11) is 0. The SMILES string of the molecule is CC.CC1Cc2ccccc2C#Cc2ccccc21. The van der Waals surface area contributed by atoms with Gasteiger partial charge in [0.25, 0.3) is 0 Å². The summed E-state index contributed by atoms with van der Waals surface area (Å²) >= 11 is 0. The Bertz CT molecular complexity index is 611. The van der Waals surface area contributed by atoms with E-state index in [-0.39, 0.29) is 0 Å². The van der Waals surface area contributed by atoms with Gasteiger partial charge in [-0.2, -0.15) is 0 Å². The minimum Gasteiger partial charge on any atom is -0.0683 e. The summed E-state index contributed by atoms with van der Waals surface area (Å²) in [6.45, 7) is 6.28. The largest absolute Gasteiger partial charge is 0.0683 e. The Kier molecular flexibility index (Phi) is 4.42. The van der Waals surface area contributed by atoms with Crippen molar-refractivity contribution in [3.05, 3.63) is 70.8 Å². The molecule has 0 radical (unpaired) electrons. The first kappa shape index (κ1) is 13.4. The minimum absolute atomic E-state index is 0.530. The van der Waals surface area contributed by atoms with Crippen molar-refractivity contribution >= 4 is 0 Å². The van der Waals surface area contributed by atoms with Gasteiger partial charge in [0.1, 0.15) is 0 Å². The molecule has 19 heavy (non-hydrogen) atoms. The van der Waals surface area contributed by atoms with Crippen LogP contribution in [-0.2, 0) is 6.42 Å². The molecule has 0 spiro atoms. The zero-order valence-electron chi connectivity index (χ0n) is 11.9. The smallest absolute Gasteiger partial charge is 0.0283 e. The molecule has 1 aliphatic carbocycles. The zero-order chi connectivity index (χ0) is 13.7. The fraction of sp³-hybridized carbons (Fsp3) is 0.263. The molecule has 0 nitrogen and oxygen atoms in total. The van der Waals surface area contributed by atoms with Gasteiger partial charge in [0.05, 0.1) is 0 Å². The fourth-order valence-corrected chi connectivity index (χ4v) is 2.44. The number of benzene rings is 2. The second-order valence-corrected chi connectivity index (χ2v) is 4.60. The molecule has 0 heteroatoms. The van der Waals surface area contributed by atoms with Gasteiger partial charge >= 0.3 is 0 Å². The summed E-state index contributed by atoms with van der Waals surface area (Å²) in [5, 5.41) is 0. The molecule has 1 atom stereocenters. The van der Waals surface area contributed by atoms with Crippen LogP contribution in [0.25, 0.3) is 0 Å². The summed E-state index contributed by atoms with van der Waals surface area (Å²) in [6.07, 6.45) is 1.07. The predicted molar refractivity (Wildman–Crippen MR) is 82.3 cm³/mol. The molecule has 0 saturated heterocycles. The number of rotatable bonds is 0. The summed E-state index contributed by atoms with van der Waals surface area (Å²) in [5.74, 6) is 7.12. The third-order valence-electron chi connectivity index (χ3n) is 3.37. The second-order valence-electron chi connectivity index (χ2n) is 4.60. The molecule has 2 aromatic rings. The van der Waals surface area contributed by atoms with Crippen LogP contribution in [0.15, 0.2) is 48.5 Å². The highest BCUT2D eigenvalue weighted by atomic mass is 14.2. The first-order valence-electron chi connectivity index (χ1n) is 7.03. The van der Waals surface area contributed by atoms with E-state index in [0.29, 0.717) is 5.92 Å². The van der Waals surface area contributed by atoms with Gasteiger partial charge < -0.3 is 0 Å². The maximum Gasteiger partial charge on any atom is 0.0283 e. The van der Waals surface area contributed by atoms with Gasteiger partial charge in [-0.15, -0.1) is 0 Å². The highest BCUT2D eigenvalue weighted by molar-refractivity contribution is 5.52. The molecule has 0 heterocycles. The molecule has 0 N–H and O–H groups in total. The topological polar surface area (TPSA) is 0 Å². The van der Waals surface area contributed by atoms with E-state index < -0.39 is 0 Å². The van der Waals surface area contributed by atoms with Crippen LogP contribution >= 0.6 is 0 Å². The van der Waals surface area contributed by atoms with E-state index in [4.69, 9.17) is 0 Å². The van der Waals surface area contributed by atoms with Crippen LogP contribution in [-0.4, -0.2) is 0 Å². The molecular formula is C19H20. The van der Waals surface area contributed by atoms with Crippen molar-refractivity contribution in [1.29, 1.82) is 0 Å². The van der Waals surface area contributed by atoms with Crippen molar-refractivity contribution in [2.75, 3.05) is 0 Å². The van der Waals surface area contributed by atoms with Crippen LogP contribution in [0.3, 0.4) is 0 Å². The molecule has 1 aliphatic rings. The zero-order valence-corrected chi connectivity index (χ0v) is 11.9. The monoisotopic (exact) mass is 248 g/mol. The van der Waals surface area contributed by atoms with Crippen LogP contribution in [0.4, 0.5) is 0 Å². The average Bonchev–Trinajstić information content (AvgIpc) is 2.47. The molecule has 0 fully saturated rings. The molecule has 0 saturated carbocycles. The lowest BCUT2D eigenvalue weighted by molar-refractivity contribution is 0.754. The quantitative estimate of drug-likeness (QED) is 0.589. The minimum atomic E-state index is 0.530. The van der Waals surface area contributed by atoms with E-state index in [1.165, 1.54) is 22.3 Å². The molecule has 0 aliphatic heterocycles. The predicted octanol–water partition coefficient (Wildman–Crippen LogP) is 4.77. The molecule has 0 amide bonds. The van der Waals surface area contributed by atoms with Crippen molar-refractivity contribution < 1.29 is 0 Å². The van der Waals surface area contributed by atoms with Crippen molar-refractivity contribution in [3.8, 4) is 11.8 Å². The van der Waals surface area contributed by atoms with Crippen LogP contribution < -0.4 is 0 Å². The lowest BCUT2D eigenvalue weighted by atomic mass is 9.87. The summed E-state index contributed by atoms with van der Waals surface area (Å²) in [6, 6.07) is 16.9. The highest BCUT2D eigenvalue weighted by Crippen LogP contribution is 2.26. The van der Waals surface area contributed by atoms with Gasteiger partial charge in [-0.1, -0.05) is 69.0 Å². The van der Waals surface area contributed by atoms with Crippen molar-refractivity contribution in [3.63, 3.8) is 0 Å². The molecule has 1 unspecified atom stereocenters. The second kappa shape index (κ2) is 6.25. The van der Waals surface area contributed by atoms with Crippen molar-refractivity contribution in [2.24, 2.45) is 0 Å². The van der Waals surface area contributed by atoms with Gasteiger partial charge in [-0.3, -0.25) is 0 Å². The van der Waals surface area contributed by atoms with E-state index in [1.807, 2.05) is 13.8 Å².